The summed E-state index contributed by atoms with van der Waals surface area (Å²) in [7, 11) is 0. The first kappa shape index (κ1) is 14.5. The molecular formula is C15H20N2O3S. The first-order valence-corrected chi connectivity index (χ1v) is 8.42. The lowest BCUT2D eigenvalue weighted by Crippen LogP contribution is -2.45. The van der Waals surface area contributed by atoms with Crippen molar-refractivity contribution in [3.63, 3.8) is 0 Å². The number of likely N-dealkylation sites (tertiary alicyclic amines) is 1. The molecule has 1 saturated heterocycles. The summed E-state index contributed by atoms with van der Waals surface area (Å²) < 4.78 is 0. The molecule has 1 N–H and O–H groups in total. The van der Waals surface area contributed by atoms with Crippen LogP contribution in [-0.4, -0.2) is 40.0 Å². The summed E-state index contributed by atoms with van der Waals surface area (Å²) in [4.78, 5) is 30.2. The molecule has 1 amide bonds. The highest BCUT2D eigenvalue weighted by atomic mass is 32.1. The van der Waals surface area contributed by atoms with Crippen molar-refractivity contribution in [3.8, 4) is 0 Å². The number of carboxylic acids is 1. The van der Waals surface area contributed by atoms with E-state index in [4.69, 9.17) is 0 Å². The van der Waals surface area contributed by atoms with E-state index in [0.29, 0.717) is 25.9 Å². The van der Waals surface area contributed by atoms with Gasteiger partial charge in [0.05, 0.1) is 10.7 Å². The Balaban J connectivity index is 1.71. The van der Waals surface area contributed by atoms with Gasteiger partial charge < -0.3 is 10.0 Å². The number of thiazole rings is 1. The molecule has 1 aliphatic heterocycles. The van der Waals surface area contributed by atoms with Crippen LogP contribution in [0.1, 0.15) is 49.2 Å². The third-order valence-electron chi connectivity index (χ3n) is 4.56. The molecular weight excluding hydrogens is 288 g/mol. The van der Waals surface area contributed by atoms with Crippen molar-refractivity contribution >= 4 is 23.2 Å². The number of hydrogen-bond donors (Lipinski definition) is 1. The van der Waals surface area contributed by atoms with E-state index in [0.717, 1.165) is 30.0 Å². The number of aliphatic carboxylic acids is 1. The maximum atomic E-state index is 12.5. The maximum absolute atomic E-state index is 12.5. The van der Waals surface area contributed by atoms with Gasteiger partial charge in [-0.05, 0) is 32.1 Å². The lowest BCUT2D eigenvalue weighted by molar-refractivity contribution is -0.154. The quantitative estimate of drug-likeness (QED) is 0.866. The van der Waals surface area contributed by atoms with E-state index in [1.165, 1.54) is 0 Å². The Morgan fingerprint density at radius 2 is 2.29 bits per heavy atom. The van der Waals surface area contributed by atoms with Crippen molar-refractivity contribution < 1.29 is 14.7 Å². The molecule has 114 valence electrons. The van der Waals surface area contributed by atoms with Crippen LogP contribution >= 0.6 is 11.3 Å². The summed E-state index contributed by atoms with van der Waals surface area (Å²) in [5.41, 5.74) is -0.0121. The Labute approximate surface area is 128 Å². The molecule has 0 bridgehead atoms. The van der Waals surface area contributed by atoms with Crippen molar-refractivity contribution in [1.29, 1.82) is 0 Å². The molecule has 1 aromatic rings. The number of aromatic nitrogens is 1. The van der Waals surface area contributed by atoms with E-state index in [1.807, 2.05) is 0 Å². The first-order chi connectivity index (χ1) is 10.1. The van der Waals surface area contributed by atoms with Crippen LogP contribution in [0.5, 0.6) is 0 Å². The van der Waals surface area contributed by atoms with E-state index in [1.54, 1.807) is 16.2 Å². The maximum Gasteiger partial charge on any atom is 0.319 e. The van der Waals surface area contributed by atoms with E-state index in [-0.39, 0.29) is 11.8 Å². The average molecular weight is 308 g/mol. The molecule has 0 spiro atoms. The SMILES string of the molecule is CCc1csc([C@@H]2CCCN(C(=O)C3(C(=O)O)CC3)C2)n1. The highest BCUT2D eigenvalue weighted by Crippen LogP contribution is 2.48. The summed E-state index contributed by atoms with van der Waals surface area (Å²) >= 11 is 1.66. The standard InChI is InChI=1S/C15H20N2O3S/c1-2-11-9-21-12(16-11)10-4-3-7-17(8-10)13(18)15(5-6-15)14(19)20/h9-10H,2-8H2,1H3,(H,19,20)/t10-/m1/s1. The number of piperidine rings is 1. The molecule has 3 rings (SSSR count). The van der Waals surface area contributed by atoms with Gasteiger partial charge in [-0.25, -0.2) is 4.98 Å². The van der Waals surface area contributed by atoms with E-state index in [2.05, 4.69) is 17.3 Å². The average Bonchev–Trinajstić information content (AvgIpc) is 3.18. The number of amides is 1. The normalized spacial score (nSPS) is 23.9. The zero-order valence-corrected chi connectivity index (χ0v) is 13.0. The van der Waals surface area contributed by atoms with Crippen LogP contribution in [0.4, 0.5) is 0 Å². The molecule has 6 heteroatoms. The Morgan fingerprint density at radius 1 is 1.52 bits per heavy atom. The molecule has 2 heterocycles. The lowest BCUT2D eigenvalue weighted by atomic mass is 9.96. The minimum atomic E-state index is -1.11. The largest absolute Gasteiger partial charge is 0.480 e. The van der Waals surface area contributed by atoms with Gasteiger partial charge in [0.2, 0.25) is 5.91 Å². The summed E-state index contributed by atoms with van der Waals surface area (Å²) in [6.45, 7) is 3.38. The first-order valence-electron chi connectivity index (χ1n) is 7.54. The smallest absolute Gasteiger partial charge is 0.319 e. The van der Waals surface area contributed by atoms with E-state index in [9.17, 15) is 14.7 Å². The zero-order valence-electron chi connectivity index (χ0n) is 12.2. The molecule has 5 nitrogen and oxygen atoms in total. The van der Waals surface area contributed by atoms with Gasteiger partial charge in [0.1, 0.15) is 5.41 Å². The fourth-order valence-corrected chi connectivity index (χ4v) is 4.01. The van der Waals surface area contributed by atoms with E-state index >= 15 is 0 Å². The van der Waals surface area contributed by atoms with E-state index < -0.39 is 11.4 Å². The van der Waals surface area contributed by atoms with Gasteiger partial charge in [-0.2, -0.15) is 0 Å². The Bertz CT molecular complexity index is 565. The van der Waals surface area contributed by atoms with Crippen molar-refractivity contribution in [2.24, 2.45) is 5.41 Å². The van der Waals surface area contributed by atoms with Gasteiger partial charge in [-0.15, -0.1) is 11.3 Å². The predicted octanol–water partition coefficient (Wildman–Crippen LogP) is 2.28. The fraction of sp³-hybridized carbons (Fsp3) is 0.667. The highest BCUT2D eigenvalue weighted by Gasteiger charge is 2.58. The Hall–Kier alpha value is -1.43. The topological polar surface area (TPSA) is 70.5 Å². The third-order valence-corrected chi connectivity index (χ3v) is 5.61. The number of carbonyl (C=O) groups is 2. The van der Waals surface area contributed by atoms with Crippen LogP contribution < -0.4 is 0 Å². The second-order valence-electron chi connectivity index (χ2n) is 6.01. The summed E-state index contributed by atoms with van der Waals surface area (Å²) in [6.07, 6.45) is 3.85. The van der Waals surface area contributed by atoms with Crippen LogP contribution in [0.2, 0.25) is 0 Å². The summed E-state index contributed by atoms with van der Waals surface area (Å²) in [5, 5.41) is 12.4. The number of rotatable bonds is 4. The van der Waals surface area contributed by atoms with Gasteiger partial charge in [0.25, 0.3) is 0 Å². The molecule has 0 unspecified atom stereocenters. The molecule has 2 aliphatic rings. The van der Waals surface area contributed by atoms with Crippen LogP contribution in [0.15, 0.2) is 5.38 Å². The molecule has 1 aromatic heterocycles. The molecule has 1 saturated carbocycles. The number of carboxylic acid groups (broad SMARTS) is 1. The minimum absolute atomic E-state index is 0.188. The van der Waals surface area contributed by atoms with Crippen LogP contribution in [0.25, 0.3) is 0 Å². The third kappa shape index (κ3) is 2.57. The molecule has 2 fully saturated rings. The Morgan fingerprint density at radius 3 is 2.86 bits per heavy atom. The summed E-state index contributed by atoms with van der Waals surface area (Å²) in [5.74, 6) is -0.887. The van der Waals surface area contributed by atoms with Crippen molar-refractivity contribution in [1.82, 2.24) is 9.88 Å². The molecule has 1 atom stereocenters. The van der Waals surface area contributed by atoms with Gasteiger partial charge in [-0.3, -0.25) is 9.59 Å². The fourth-order valence-electron chi connectivity index (χ4n) is 2.98. The predicted molar refractivity (Wildman–Crippen MR) is 79.3 cm³/mol. The van der Waals surface area contributed by atoms with Gasteiger partial charge in [-0.1, -0.05) is 6.92 Å². The number of carbonyl (C=O) groups excluding carboxylic acids is 1. The number of nitrogens with zero attached hydrogens (tertiary/aromatic N) is 2. The highest BCUT2D eigenvalue weighted by molar-refractivity contribution is 7.09. The molecule has 1 aliphatic carbocycles. The zero-order chi connectivity index (χ0) is 15.0. The lowest BCUT2D eigenvalue weighted by Gasteiger charge is -2.33. The molecule has 0 radical (unpaired) electrons. The second-order valence-corrected chi connectivity index (χ2v) is 6.90. The molecule has 0 aromatic carbocycles. The minimum Gasteiger partial charge on any atom is -0.480 e. The van der Waals surface area contributed by atoms with Gasteiger partial charge in [0.15, 0.2) is 0 Å². The van der Waals surface area contributed by atoms with Gasteiger partial charge >= 0.3 is 5.97 Å². The second kappa shape index (κ2) is 5.40. The monoisotopic (exact) mass is 308 g/mol. The van der Waals surface area contributed by atoms with Gasteiger partial charge in [0, 0.05) is 24.4 Å². The van der Waals surface area contributed by atoms with Crippen molar-refractivity contribution in [3.05, 3.63) is 16.1 Å². The number of hydrogen-bond acceptors (Lipinski definition) is 4. The van der Waals surface area contributed by atoms with Crippen molar-refractivity contribution in [2.45, 2.75) is 44.9 Å². The molecule has 21 heavy (non-hydrogen) atoms. The summed E-state index contributed by atoms with van der Waals surface area (Å²) in [6, 6.07) is 0. The van der Waals surface area contributed by atoms with Crippen LogP contribution in [0, 0.1) is 5.41 Å². The van der Waals surface area contributed by atoms with Crippen LogP contribution in [0.3, 0.4) is 0 Å². The Kier molecular flexibility index (Phi) is 3.73. The van der Waals surface area contributed by atoms with Crippen LogP contribution in [-0.2, 0) is 16.0 Å². The number of aryl methyl sites for hydroxylation is 1. The van der Waals surface area contributed by atoms with Crippen molar-refractivity contribution in [2.75, 3.05) is 13.1 Å².